The molecule has 25 heavy (non-hydrogen) atoms. The number of ether oxygens (including phenoxy) is 2. The van der Waals surface area contributed by atoms with Crippen LogP contribution in [0.3, 0.4) is 0 Å². The zero-order valence-corrected chi connectivity index (χ0v) is 16.7. The highest BCUT2D eigenvalue weighted by Gasteiger charge is 2.04. The van der Waals surface area contributed by atoms with Crippen LogP contribution in [0.25, 0.3) is 0 Å². The lowest BCUT2D eigenvalue weighted by atomic mass is 10.1. The Morgan fingerprint density at radius 2 is 0.880 bits per heavy atom. The van der Waals surface area contributed by atoms with Crippen molar-refractivity contribution in [3.63, 3.8) is 0 Å². The fourth-order valence-electron chi connectivity index (χ4n) is 2.64. The molecule has 0 radical (unpaired) electrons. The molecule has 0 aromatic rings. The van der Waals surface area contributed by atoms with Crippen LogP contribution < -0.4 is 0 Å². The van der Waals surface area contributed by atoms with Crippen molar-refractivity contribution in [2.45, 2.75) is 110 Å². The molecule has 0 amide bonds. The van der Waals surface area contributed by atoms with Crippen molar-refractivity contribution in [3.05, 3.63) is 0 Å². The molecule has 0 rings (SSSR count). The molecule has 0 unspecified atom stereocenters. The Labute approximate surface area is 155 Å². The summed E-state index contributed by atoms with van der Waals surface area (Å²) in [5, 5.41) is 0. The van der Waals surface area contributed by atoms with Gasteiger partial charge >= 0.3 is 11.9 Å². The zero-order valence-electron chi connectivity index (χ0n) is 16.7. The maximum Gasteiger partial charge on any atom is 0.305 e. The van der Waals surface area contributed by atoms with Crippen molar-refractivity contribution >= 4 is 11.9 Å². The summed E-state index contributed by atoms with van der Waals surface area (Å²) in [4.78, 5) is 23.1. The number of hydrogen-bond donors (Lipinski definition) is 0. The first-order valence-corrected chi connectivity index (χ1v) is 10.5. The van der Waals surface area contributed by atoms with E-state index in [9.17, 15) is 9.59 Å². The van der Waals surface area contributed by atoms with E-state index in [0.29, 0.717) is 26.1 Å². The van der Waals surface area contributed by atoms with Crippen LogP contribution in [0.15, 0.2) is 0 Å². The molecule has 0 aliphatic heterocycles. The second-order valence-corrected chi connectivity index (χ2v) is 6.83. The monoisotopic (exact) mass is 356 g/mol. The lowest BCUT2D eigenvalue weighted by molar-refractivity contribution is -0.144. The van der Waals surface area contributed by atoms with Crippen LogP contribution in [0.2, 0.25) is 0 Å². The van der Waals surface area contributed by atoms with Crippen LogP contribution in [0.1, 0.15) is 110 Å². The van der Waals surface area contributed by atoms with Gasteiger partial charge in [0, 0.05) is 12.8 Å². The highest BCUT2D eigenvalue weighted by atomic mass is 16.5. The molecule has 0 N–H and O–H groups in total. The summed E-state index contributed by atoms with van der Waals surface area (Å²) in [5.74, 6) is -0.133. The molecule has 0 saturated carbocycles. The van der Waals surface area contributed by atoms with E-state index in [1.807, 2.05) is 0 Å². The Kier molecular flexibility index (Phi) is 18.5. The smallest absolute Gasteiger partial charge is 0.305 e. The normalized spacial score (nSPS) is 10.6. The molecular weight excluding hydrogens is 316 g/mol. The van der Waals surface area contributed by atoms with E-state index in [2.05, 4.69) is 13.8 Å². The lowest BCUT2D eigenvalue weighted by Crippen LogP contribution is -2.06. The molecule has 0 spiro atoms. The van der Waals surface area contributed by atoms with Crippen LogP contribution in [-0.4, -0.2) is 25.2 Å². The molecule has 148 valence electrons. The SMILES string of the molecule is CCCCCCOC(=O)CCCCCCCC(=O)OCCCCCC. The van der Waals surface area contributed by atoms with Crippen molar-refractivity contribution in [2.75, 3.05) is 13.2 Å². The highest BCUT2D eigenvalue weighted by Crippen LogP contribution is 2.09. The van der Waals surface area contributed by atoms with Crippen molar-refractivity contribution in [2.24, 2.45) is 0 Å². The van der Waals surface area contributed by atoms with Crippen LogP contribution in [0.5, 0.6) is 0 Å². The lowest BCUT2D eigenvalue weighted by Gasteiger charge is -2.05. The molecule has 0 aromatic heterocycles. The second kappa shape index (κ2) is 19.3. The average Bonchev–Trinajstić information content (AvgIpc) is 2.60. The molecule has 0 aromatic carbocycles. The first-order valence-electron chi connectivity index (χ1n) is 10.5. The summed E-state index contributed by atoms with van der Waals surface area (Å²) in [5.41, 5.74) is 0. The maximum atomic E-state index is 11.5. The van der Waals surface area contributed by atoms with Crippen molar-refractivity contribution in [1.29, 1.82) is 0 Å². The van der Waals surface area contributed by atoms with Gasteiger partial charge in [-0.05, 0) is 25.7 Å². The standard InChI is InChI=1S/C21H40O4/c1-3-5-7-14-18-24-20(22)16-12-10-9-11-13-17-21(23)25-19-15-8-6-4-2/h3-19H2,1-2H3. The van der Waals surface area contributed by atoms with E-state index in [0.717, 1.165) is 57.8 Å². The van der Waals surface area contributed by atoms with Gasteiger partial charge in [0.05, 0.1) is 13.2 Å². The van der Waals surface area contributed by atoms with Crippen LogP contribution in [-0.2, 0) is 19.1 Å². The quantitative estimate of drug-likeness (QED) is 0.224. The maximum absolute atomic E-state index is 11.5. The first-order chi connectivity index (χ1) is 12.2. The molecule has 4 heteroatoms. The molecule has 0 atom stereocenters. The van der Waals surface area contributed by atoms with Gasteiger partial charge in [-0.1, -0.05) is 71.6 Å². The second-order valence-electron chi connectivity index (χ2n) is 6.83. The largest absolute Gasteiger partial charge is 0.466 e. The summed E-state index contributed by atoms with van der Waals surface area (Å²) in [6.07, 6.45) is 15.0. The van der Waals surface area contributed by atoms with Gasteiger partial charge in [-0.2, -0.15) is 0 Å². The van der Waals surface area contributed by atoms with E-state index < -0.39 is 0 Å². The number of unbranched alkanes of at least 4 members (excludes halogenated alkanes) is 10. The Hall–Kier alpha value is -1.06. The predicted molar refractivity (Wildman–Crippen MR) is 103 cm³/mol. The molecule has 0 fully saturated rings. The van der Waals surface area contributed by atoms with E-state index in [-0.39, 0.29) is 11.9 Å². The minimum absolute atomic E-state index is 0.0665. The Morgan fingerprint density at radius 3 is 1.28 bits per heavy atom. The number of esters is 2. The summed E-state index contributed by atoms with van der Waals surface area (Å²) < 4.78 is 10.4. The minimum atomic E-state index is -0.0665. The summed E-state index contributed by atoms with van der Waals surface area (Å²) in [6.45, 7) is 5.48. The van der Waals surface area contributed by atoms with Crippen LogP contribution in [0.4, 0.5) is 0 Å². The Balaban J connectivity index is 3.26. The Morgan fingerprint density at radius 1 is 0.520 bits per heavy atom. The van der Waals surface area contributed by atoms with Crippen molar-refractivity contribution in [3.8, 4) is 0 Å². The zero-order chi connectivity index (χ0) is 18.6. The molecule has 0 aliphatic rings. The number of carbonyl (C=O) groups is 2. The van der Waals surface area contributed by atoms with Gasteiger partial charge in [-0.25, -0.2) is 0 Å². The van der Waals surface area contributed by atoms with Gasteiger partial charge in [0.1, 0.15) is 0 Å². The Bertz CT molecular complexity index is 285. The average molecular weight is 357 g/mol. The van der Waals surface area contributed by atoms with Gasteiger partial charge < -0.3 is 9.47 Å². The third-order valence-corrected chi connectivity index (χ3v) is 4.28. The van der Waals surface area contributed by atoms with Crippen LogP contribution in [0, 0.1) is 0 Å². The molecule has 0 bridgehead atoms. The molecule has 0 aliphatic carbocycles. The van der Waals surface area contributed by atoms with E-state index in [4.69, 9.17) is 9.47 Å². The van der Waals surface area contributed by atoms with Gasteiger partial charge in [0.2, 0.25) is 0 Å². The van der Waals surface area contributed by atoms with E-state index in [1.165, 1.54) is 25.7 Å². The predicted octanol–water partition coefficient (Wildman–Crippen LogP) is 5.96. The molecular formula is C21H40O4. The first kappa shape index (κ1) is 23.9. The molecule has 4 nitrogen and oxygen atoms in total. The molecule has 0 heterocycles. The van der Waals surface area contributed by atoms with Crippen molar-refractivity contribution < 1.29 is 19.1 Å². The highest BCUT2D eigenvalue weighted by molar-refractivity contribution is 5.69. The van der Waals surface area contributed by atoms with Gasteiger partial charge in [0.15, 0.2) is 0 Å². The van der Waals surface area contributed by atoms with Gasteiger partial charge in [0.25, 0.3) is 0 Å². The topological polar surface area (TPSA) is 52.6 Å². The van der Waals surface area contributed by atoms with Gasteiger partial charge in [-0.3, -0.25) is 9.59 Å². The fourth-order valence-corrected chi connectivity index (χ4v) is 2.64. The summed E-state index contributed by atoms with van der Waals surface area (Å²) >= 11 is 0. The third-order valence-electron chi connectivity index (χ3n) is 4.28. The van der Waals surface area contributed by atoms with Gasteiger partial charge in [-0.15, -0.1) is 0 Å². The fraction of sp³-hybridized carbons (Fsp3) is 0.905. The molecule has 0 saturated heterocycles. The summed E-state index contributed by atoms with van der Waals surface area (Å²) in [6, 6.07) is 0. The third kappa shape index (κ3) is 19.1. The number of rotatable bonds is 18. The van der Waals surface area contributed by atoms with E-state index >= 15 is 0 Å². The van der Waals surface area contributed by atoms with E-state index in [1.54, 1.807) is 0 Å². The van der Waals surface area contributed by atoms with Crippen LogP contribution >= 0.6 is 0 Å². The summed E-state index contributed by atoms with van der Waals surface area (Å²) in [7, 11) is 0. The number of hydrogen-bond acceptors (Lipinski definition) is 4. The van der Waals surface area contributed by atoms with Crippen molar-refractivity contribution in [1.82, 2.24) is 0 Å². The minimum Gasteiger partial charge on any atom is -0.466 e. The number of carbonyl (C=O) groups excluding carboxylic acids is 2.